The maximum Gasteiger partial charge on any atom is 0.334 e. The number of allylic oxidation sites excluding steroid dienone is 1. The summed E-state index contributed by atoms with van der Waals surface area (Å²) < 4.78 is 11.8. The van der Waals surface area contributed by atoms with Gasteiger partial charge >= 0.3 is 5.97 Å². The van der Waals surface area contributed by atoms with Crippen LogP contribution in [0.15, 0.2) is 11.6 Å². The molecule has 0 bridgehead atoms. The first kappa shape index (κ1) is 19.4. The largest absolute Gasteiger partial charge is 0.457 e. The molecule has 2 heterocycles. The highest BCUT2D eigenvalue weighted by Gasteiger charge is 2.48. The fourth-order valence-corrected chi connectivity index (χ4v) is 5.16. The molecule has 0 aromatic heterocycles. The van der Waals surface area contributed by atoms with Crippen molar-refractivity contribution in [1.82, 2.24) is 10.2 Å². The molecule has 1 saturated carbocycles. The Labute approximate surface area is 163 Å². The van der Waals surface area contributed by atoms with E-state index in [-0.39, 0.29) is 5.97 Å². The molecule has 2 aliphatic heterocycles. The number of hydrogen-bond donors (Lipinski definition) is 1. The van der Waals surface area contributed by atoms with E-state index in [9.17, 15) is 4.79 Å². The van der Waals surface area contributed by atoms with Crippen LogP contribution in [0.1, 0.15) is 59.3 Å². The average Bonchev–Trinajstić information content (AvgIpc) is 2.97. The highest BCUT2D eigenvalue weighted by molar-refractivity contribution is 5.89. The molecule has 0 amide bonds. The van der Waals surface area contributed by atoms with Crippen LogP contribution in [0.5, 0.6) is 0 Å². The number of nitrogens with zero attached hydrogens (tertiary/aromatic N) is 1. The normalized spacial score (nSPS) is 31.3. The Balaban J connectivity index is 1.13. The maximum absolute atomic E-state index is 12.3. The number of hydrogen-bond acceptors (Lipinski definition) is 5. The maximum atomic E-state index is 12.3. The van der Waals surface area contributed by atoms with E-state index in [1.807, 2.05) is 20.8 Å². The number of ether oxygens (including phenoxy) is 2. The second kappa shape index (κ2) is 7.49. The van der Waals surface area contributed by atoms with Gasteiger partial charge in [-0.3, -0.25) is 0 Å². The molecule has 2 saturated heterocycles. The van der Waals surface area contributed by atoms with Crippen LogP contribution in [0, 0.1) is 11.3 Å². The zero-order valence-corrected chi connectivity index (χ0v) is 17.3. The third kappa shape index (κ3) is 4.75. The Kier molecular flexibility index (Phi) is 5.38. The lowest BCUT2D eigenvalue weighted by molar-refractivity contribution is -0.150. The molecular formula is C22H36N2O3. The molecule has 5 heteroatoms. The van der Waals surface area contributed by atoms with Gasteiger partial charge in [0.25, 0.3) is 0 Å². The summed E-state index contributed by atoms with van der Waals surface area (Å²) in [4.78, 5) is 14.9. The molecule has 0 unspecified atom stereocenters. The first-order valence-corrected chi connectivity index (χ1v) is 10.8. The fraction of sp³-hybridized carbons (Fsp3) is 0.864. The van der Waals surface area contributed by atoms with E-state index in [1.165, 1.54) is 32.2 Å². The van der Waals surface area contributed by atoms with Crippen LogP contribution in [0.4, 0.5) is 0 Å². The molecule has 1 N–H and O–H groups in total. The highest BCUT2D eigenvalue weighted by atomic mass is 16.6. The van der Waals surface area contributed by atoms with Crippen LogP contribution in [-0.2, 0) is 14.3 Å². The van der Waals surface area contributed by atoms with Crippen LogP contribution in [-0.4, -0.2) is 61.4 Å². The summed E-state index contributed by atoms with van der Waals surface area (Å²) in [6.07, 6.45) is 9.84. The van der Waals surface area contributed by atoms with Crippen molar-refractivity contribution in [3.8, 4) is 0 Å². The molecule has 152 valence electrons. The van der Waals surface area contributed by atoms with Crippen LogP contribution in [0.25, 0.3) is 0 Å². The van der Waals surface area contributed by atoms with Gasteiger partial charge in [-0.05, 0) is 78.3 Å². The first-order chi connectivity index (χ1) is 12.8. The molecule has 0 atom stereocenters. The molecule has 0 radical (unpaired) electrons. The highest BCUT2D eigenvalue weighted by Crippen LogP contribution is 2.46. The van der Waals surface area contributed by atoms with Gasteiger partial charge < -0.3 is 19.7 Å². The third-order valence-corrected chi connectivity index (χ3v) is 6.51. The monoisotopic (exact) mass is 376 g/mol. The van der Waals surface area contributed by atoms with Gasteiger partial charge in [-0.1, -0.05) is 6.08 Å². The van der Waals surface area contributed by atoms with E-state index >= 15 is 0 Å². The van der Waals surface area contributed by atoms with E-state index in [1.54, 1.807) is 0 Å². The number of likely N-dealkylation sites (tertiary alicyclic amines) is 1. The molecule has 0 aromatic rings. The van der Waals surface area contributed by atoms with Gasteiger partial charge in [-0.25, -0.2) is 4.79 Å². The minimum absolute atomic E-state index is 0.116. The van der Waals surface area contributed by atoms with Crippen LogP contribution >= 0.6 is 0 Å². The summed E-state index contributed by atoms with van der Waals surface area (Å²) in [7, 11) is 0. The van der Waals surface area contributed by atoms with Crippen LogP contribution in [0.3, 0.4) is 0 Å². The zero-order chi connectivity index (χ0) is 19.1. The molecule has 5 nitrogen and oxygen atoms in total. The summed E-state index contributed by atoms with van der Waals surface area (Å²) in [5.41, 5.74) is 0.792. The molecule has 3 fully saturated rings. The van der Waals surface area contributed by atoms with Crippen molar-refractivity contribution in [2.24, 2.45) is 11.3 Å². The van der Waals surface area contributed by atoms with E-state index < -0.39 is 5.60 Å². The summed E-state index contributed by atoms with van der Waals surface area (Å²) >= 11 is 0. The molecule has 4 rings (SSSR count). The number of nitrogens with one attached hydrogen (secondary N) is 1. The Morgan fingerprint density at radius 3 is 2.59 bits per heavy atom. The van der Waals surface area contributed by atoms with Gasteiger partial charge in [0.15, 0.2) is 0 Å². The van der Waals surface area contributed by atoms with E-state index in [0.29, 0.717) is 17.6 Å². The average molecular weight is 377 g/mol. The molecular weight excluding hydrogens is 340 g/mol. The summed E-state index contributed by atoms with van der Waals surface area (Å²) in [5.74, 6) is 0.684. The van der Waals surface area contributed by atoms with Crippen LogP contribution < -0.4 is 5.32 Å². The second-order valence-corrected chi connectivity index (χ2v) is 10.3. The lowest BCUT2D eigenvalue weighted by atomic mass is 9.74. The summed E-state index contributed by atoms with van der Waals surface area (Å²) in [6.45, 7) is 11.5. The quantitative estimate of drug-likeness (QED) is 0.748. The van der Waals surface area contributed by atoms with Gasteiger partial charge in [-0.15, -0.1) is 0 Å². The SMILES string of the molecule is CC(C)(C)OC(=O)C1=CCC2(C1)CN(CC1CC(OC3CCNCC3)C1)C2. The van der Waals surface area contributed by atoms with Crippen molar-refractivity contribution in [3.63, 3.8) is 0 Å². The number of carbonyl (C=O) groups is 1. The second-order valence-electron chi connectivity index (χ2n) is 10.3. The lowest BCUT2D eigenvalue weighted by Gasteiger charge is -2.51. The molecule has 27 heavy (non-hydrogen) atoms. The van der Waals surface area contributed by atoms with Gasteiger partial charge in [0.1, 0.15) is 5.60 Å². The molecule has 2 aliphatic carbocycles. The predicted molar refractivity (Wildman–Crippen MR) is 106 cm³/mol. The van der Waals surface area contributed by atoms with Gasteiger partial charge in [0.05, 0.1) is 12.2 Å². The Hall–Kier alpha value is -0.910. The number of piperidine rings is 1. The summed E-state index contributed by atoms with van der Waals surface area (Å²) in [5, 5.41) is 3.40. The number of rotatable bonds is 5. The minimum Gasteiger partial charge on any atom is -0.457 e. The minimum atomic E-state index is -0.406. The standard InChI is InChI=1S/C22H36N2O3/c1-21(2,3)27-20(25)17-4-7-22(12-17)14-24(15-22)13-16-10-19(11-16)26-18-5-8-23-9-6-18/h4,16,18-19,23H,5-15H2,1-3H3. The lowest BCUT2D eigenvalue weighted by Crippen LogP contribution is -2.57. The third-order valence-electron chi connectivity index (χ3n) is 6.51. The fourth-order valence-electron chi connectivity index (χ4n) is 5.16. The Bertz CT molecular complexity index is 577. The van der Waals surface area contributed by atoms with E-state index in [2.05, 4.69) is 16.3 Å². The van der Waals surface area contributed by atoms with Crippen molar-refractivity contribution < 1.29 is 14.3 Å². The zero-order valence-electron chi connectivity index (χ0n) is 17.3. The van der Waals surface area contributed by atoms with Crippen molar-refractivity contribution in [1.29, 1.82) is 0 Å². The summed E-state index contributed by atoms with van der Waals surface area (Å²) in [6, 6.07) is 0. The Morgan fingerprint density at radius 2 is 1.93 bits per heavy atom. The molecule has 0 aromatic carbocycles. The predicted octanol–water partition coefficient (Wildman–Crippen LogP) is 2.90. The first-order valence-electron chi connectivity index (χ1n) is 10.8. The number of esters is 1. The van der Waals surface area contributed by atoms with Crippen molar-refractivity contribution in [2.75, 3.05) is 32.7 Å². The van der Waals surface area contributed by atoms with E-state index in [0.717, 1.165) is 50.5 Å². The topological polar surface area (TPSA) is 50.8 Å². The van der Waals surface area contributed by atoms with Crippen molar-refractivity contribution in [2.45, 2.75) is 77.1 Å². The molecule has 4 aliphatic rings. The van der Waals surface area contributed by atoms with Crippen LogP contribution in [0.2, 0.25) is 0 Å². The molecule has 1 spiro atoms. The van der Waals surface area contributed by atoms with Gasteiger partial charge in [0, 0.05) is 30.6 Å². The van der Waals surface area contributed by atoms with E-state index in [4.69, 9.17) is 9.47 Å². The van der Waals surface area contributed by atoms with Crippen molar-refractivity contribution >= 4 is 5.97 Å². The number of carbonyl (C=O) groups excluding carboxylic acids is 1. The Morgan fingerprint density at radius 1 is 1.22 bits per heavy atom. The van der Waals surface area contributed by atoms with Crippen molar-refractivity contribution in [3.05, 3.63) is 11.6 Å². The smallest absolute Gasteiger partial charge is 0.334 e. The van der Waals surface area contributed by atoms with Gasteiger partial charge in [0.2, 0.25) is 0 Å². The van der Waals surface area contributed by atoms with Gasteiger partial charge in [-0.2, -0.15) is 0 Å².